The molecule has 0 fully saturated rings. The molecule has 0 saturated heterocycles. The average molecular weight is 398 g/mol. The minimum absolute atomic E-state index is 0. The van der Waals surface area contributed by atoms with Gasteiger partial charge in [0.1, 0.15) is 11.5 Å². The molecule has 0 aromatic heterocycles. The van der Waals surface area contributed by atoms with E-state index in [2.05, 4.69) is 9.37 Å². The standard InChI is InChI=1S/C12H18O8S2.2Na/c13-19-20-21-9-1-7-17-11-3-5-12(6-4-11)18-8-2-10-22(14,15)16;;/h3-6,13H,1-2,7-10H2,(H,14,15,16);;/q;2*+1/p-2. The van der Waals surface area contributed by atoms with Crippen LogP contribution < -0.4 is 73.8 Å². The van der Waals surface area contributed by atoms with Crippen molar-refractivity contribution in [1.82, 2.24) is 0 Å². The van der Waals surface area contributed by atoms with E-state index in [1.54, 1.807) is 24.3 Å². The zero-order valence-electron chi connectivity index (χ0n) is 13.6. The Morgan fingerprint density at radius 2 is 1.46 bits per heavy atom. The van der Waals surface area contributed by atoms with Crippen LogP contribution in [-0.4, -0.2) is 37.7 Å². The van der Waals surface area contributed by atoms with Gasteiger partial charge in [0, 0.05) is 23.5 Å². The Bertz CT molecular complexity index is 512. The summed E-state index contributed by atoms with van der Waals surface area (Å²) < 4.78 is 46.1. The third-order valence-electron chi connectivity index (χ3n) is 2.35. The van der Waals surface area contributed by atoms with Gasteiger partial charge in [-0.05, 0) is 37.1 Å². The summed E-state index contributed by atoms with van der Waals surface area (Å²) in [5.41, 5.74) is 0. The first-order valence-corrected chi connectivity index (χ1v) is 8.87. The van der Waals surface area contributed by atoms with Crippen molar-refractivity contribution in [3.8, 4) is 11.5 Å². The molecule has 0 saturated carbocycles. The van der Waals surface area contributed by atoms with Crippen molar-refractivity contribution in [2.75, 3.05) is 24.7 Å². The molecular formula is C12H16Na2O8S2. The van der Waals surface area contributed by atoms with Crippen molar-refractivity contribution in [3.63, 3.8) is 0 Å². The quantitative estimate of drug-likeness (QED) is 0.0849. The van der Waals surface area contributed by atoms with Gasteiger partial charge in [-0.25, -0.2) is 8.42 Å². The van der Waals surface area contributed by atoms with Crippen molar-refractivity contribution in [2.45, 2.75) is 12.8 Å². The van der Waals surface area contributed by atoms with Crippen molar-refractivity contribution in [2.24, 2.45) is 0 Å². The van der Waals surface area contributed by atoms with Crippen LogP contribution in [0.15, 0.2) is 24.3 Å². The van der Waals surface area contributed by atoms with Gasteiger partial charge >= 0.3 is 59.1 Å². The van der Waals surface area contributed by atoms with Gasteiger partial charge in [-0.3, -0.25) is 5.04 Å². The molecule has 0 aliphatic heterocycles. The van der Waals surface area contributed by atoms with E-state index in [1.165, 1.54) is 0 Å². The van der Waals surface area contributed by atoms with E-state index in [-0.39, 0.29) is 72.1 Å². The molecule has 0 aliphatic rings. The largest absolute Gasteiger partial charge is 1.00 e. The topological polar surface area (TPSA) is 117 Å². The van der Waals surface area contributed by atoms with Crippen LogP contribution in [-0.2, 0) is 19.5 Å². The summed E-state index contributed by atoms with van der Waals surface area (Å²) in [6, 6.07) is 6.79. The molecule has 0 N–H and O–H groups in total. The molecule has 8 nitrogen and oxygen atoms in total. The van der Waals surface area contributed by atoms with E-state index in [1.807, 2.05) is 0 Å². The molecule has 1 rings (SSSR count). The third kappa shape index (κ3) is 15.2. The van der Waals surface area contributed by atoms with Crippen LogP contribution in [0.4, 0.5) is 0 Å². The molecule has 0 heterocycles. The molecule has 0 atom stereocenters. The maximum Gasteiger partial charge on any atom is 1.00 e. The van der Waals surface area contributed by atoms with Crippen LogP contribution in [0.25, 0.3) is 0 Å². The predicted molar refractivity (Wildman–Crippen MR) is 75.9 cm³/mol. The fraction of sp³-hybridized carbons (Fsp3) is 0.500. The van der Waals surface area contributed by atoms with Gasteiger partial charge in [-0.15, -0.1) is 0 Å². The molecule has 0 amide bonds. The van der Waals surface area contributed by atoms with Gasteiger partial charge in [0.25, 0.3) is 0 Å². The minimum atomic E-state index is -4.19. The first kappa shape index (κ1) is 27.2. The second-order valence-electron chi connectivity index (χ2n) is 4.10. The predicted octanol–water partition coefficient (Wildman–Crippen LogP) is -5.35. The summed E-state index contributed by atoms with van der Waals surface area (Å²) in [7, 11) is -4.19. The van der Waals surface area contributed by atoms with E-state index in [0.29, 0.717) is 30.3 Å². The maximum atomic E-state index is 10.4. The van der Waals surface area contributed by atoms with Gasteiger partial charge in [0.15, 0.2) is 0 Å². The number of rotatable bonds is 12. The van der Waals surface area contributed by atoms with Gasteiger partial charge in [0.2, 0.25) is 0 Å². The summed E-state index contributed by atoms with van der Waals surface area (Å²) >= 11 is 0.904. The van der Waals surface area contributed by atoms with E-state index >= 15 is 0 Å². The van der Waals surface area contributed by atoms with Crippen molar-refractivity contribution < 1.29 is 96.2 Å². The summed E-state index contributed by atoms with van der Waals surface area (Å²) in [4.78, 5) is 0. The Labute approximate surface area is 190 Å². The summed E-state index contributed by atoms with van der Waals surface area (Å²) in [5, 5.41) is 12.7. The fourth-order valence-corrected chi connectivity index (χ4v) is 2.23. The molecule has 12 heteroatoms. The van der Waals surface area contributed by atoms with Crippen LogP contribution in [0.2, 0.25) is 0 Å². The SMILES string of the molecule is O=S(=O)([O-])CCCOc1ccc(OCCCSOO[O-])cc1.[Na+].[Na+]. The summed E-state index contributed by atoms with van der Waals surface area (Å²) in [6.07, 6.45) is 0.826. The number of hydrogen-bond acceptors (Lipinski definition) is 9. The number of benzene rings is 1. The molecule has 24 heavy (non-hydrogen) atoms. The van der Waals surface area contributed by atoms with Crippen molar-refractivity contribution in [1.29, 1.82) is 0 Å². The minimum Gasteiger partial charge on any atom is -0.748 e. The molecule has 0 spiro atoms. The Morgan fingerprint density at radius 1 is 0.958 bits per heavy atom. The van der Waals surface area contributed by atoms with E-state index in [4.69, 9.17) is 9.47 Å². The van der Waals surface area contributed by atoms with E-state index < -0.39 is 15.9 Å². The summed E-state index contributed by atoms with van der Waals surface area (Å²) in [5.74, 6) is 1.34. The van der Waals surface area contributed by atoms with Crippen molar-refractivity contribution >= 4 is 22.2 Å². The first-order valence-electron chi connectivity index (χ1n) is 6.38. The van der Waals surface area contributed by atoms with Crippen molar-refractivity contribution in [3.05, 3.63) is 24.3 Å². The van der Waals surface area contributed by atoms with Crippen LogP contribution in [0.1, 0.15) is 12.8 Å². The van der Waals surface area contributed by atoms with Gasteiger partial charge in [-0.1, -0.05) is 0 Å². The fourth-order valence-electron chi connectivity index (χ4n) is 1.42. The monoisotopic (exact) mass is 398 g/mol. The second-order valence-corrected chi connectivity index (χ2v) is 6.40. The molecular weight excluding hydrogens is 382 g/mol. The maximum absolute atomic E-state index is 10.4. The summed E-state index contributed by atoms with van der Waals surface area (Å²) in [6.45, 7) is 0.609. The Balaban J connectivity index is 0. The molecule has 0 radical (unpaired) electrons. The van der Waals surface area contributed by atoms with Crippen LogP contribution in [0.3, 0.4) is 0 Å². The number of ether oxygens (including phenoxy) is 2. The number of hydrogen-bond donors (Lipinski definition) is 0. The molecule has 0 bridgehead atoms. The Morgan fingerprint density at radius 3 is 1.92 bits per heavy atom. The van der Waals surface area contributed by atoms with Crippen LogP contribution in [0.5, 0.6) is 11.5 Å². The van der Waals surface area contributed by atoms with E-state index in [9.17, 15) is 18.2 Å². The van der Waals surface area contributed by atoms with Gasteiger partial charge in [0.05, 0.1) is 23.3 Å². The second kappa shape index (κ2) is 16.2. The molecule has 0 aliphatic carbocycles. The third-order valence-corrected chi connectivity index (χ3v) is 3.74. The molecule has 126 valence electrons. The molecule has 1 aromatic carbocycles. The zero-order chi connectivity index (χ0) is 16.3. The van der Waals surface area contributed by atoms with E-state index in [0.717, 1.165) is 12.0 Å². The van der Waals surface area contributed by atoms with Gasteiger partial charge < -0.3 is 19.3 Å². The first-order chi connectivity index (χ1) is 10.5. The Kier molecular flexibility index (Phi) is 18.3. The normalized spacial score (nSPS) is 10.4. The zero-order valence-corrected chi connectivity index (χ0v) is 19.3. The molecule has 0 unspecified atom stereocenters. The van der Waals surface area contributed by atoms with Gasteiger partial charge in [-0.2, -0.15) is 4.33 Å². The van der Waals surface area contributed by atoms with Crippen LogP contribution >= 0.6 is 12.0 Å². The Hall–Kier alpha value is 0.960. The average Bonchev–Trinajstić information content (AvgIpc) is 2.48. The molecule has 1 aromatic rings. The smallest absolute Gasteiger partial charge is 0.748 e. The van der Waals surface area contributed by atoms with Crippen LogP contribution in [0, 0.1) is 0 Å².